The molecular formula is C42H80O6. The van der Waals surface area contributed by atoms with Crippen molar-refractivity contribution in [2.45, 2.75) is 239 Å². The summed E-state index contributed by atoms with van der Waals surface area (Å²) < 4.78 is 16.5. The summed E-state index contributed by atoms with van der Waals surface area (Å²) in [5, 5.41) is 0. The summed E-state index contributed by atoms with van der Waals surface area (Å²) in [5.41, 5.74) is 0. The highest BCUT2D eigenvalue weighted by molar-refractivity contribution is 5.71. The fraction of sp³-hybridized carbons (Fsp3) is 0.929. The first-order valence-corrected chi connectivity index (χ1v) is 21.0. The van der Waals surface area contributed by atoms with Gasteiger partial charge in [0.2, 0.25) is 0 Å². The topological polar surface area (TPSA) is 78.9 Å². The molecule has 0 bridgehead atoms. The number of esters is 3. The summed E-state index contributed by atoms with van der Waals surface area (Å²) >= 11 is 0. The summed E-state index contributed by atoms with van der Waals surface area (Å²) in [7, 11) is 0. The van der Waals surface area contributed by atoms with Gasteiger partial charge in [0.05, 0.1) is 0 Å². The first-order chi connectivity index (χ1) is 23.5. The van der Waals surface area contributed by atoms with Gasteiger partial charge in [-0.3, -0.25) is 14.4 Å². The van der Waals surface area contributed by atoms with Crippen LogP contribution in [0.1, 0.15) is 233 Å². The van der Waals surface area contributed by atoms with E-state index in [9.17, 15) is 14.4 Å². The Morgan fingerprint density at radius 1 is 0.333 bits per heavy atom. The van der Waals surface area contributed by atoms with Crippen LogP contribution in [0.25, 0.3) is 0 Å². The van der Waals surface area contributed by atoms with Crippen LogP contribution in [-0.2, 0) is 28.6 Å². The zero-order valence-corrected chi connectivity index (χ0v) is 32.3. The molecule has 48 heavy (non-hydrogen) atoms. The standard InChI is InChI=1S/C42H80O6/c1-4-7-10-13-15-17-19-20-21-22-23-25-27-30-33-36-42(45)48-39(37-46-40(43)34-31-28-12-9-6-3)38-47-41(44)35-32-29-26-24-18-16-14-11-8-5-2/h39H,4-38H2,1-3H3/t39-/m0/s1. The Balaban J connectivity index is 4.20. The molecule has 0 aromatic heterocycles. The Kier molecular flexibility index (Phi) is 36.9. The molecule has 0 heterocycles. The van der Waals surface area contributed by atoms with Gasteiger partial charge in [-0.2, -0.15) is 0 Å². The monoisotopic (exact) mass is 681 g/mol. The number of hydrogen-bond acceptors (Lipinski definition) is 6. The molecule has 0 amide bonds. The second-order valence-electron chi connectivity index (χ2n) is 14.3. The van der Waals surface area contributed by atoms with Crippen molar-refractivity contribution in [2.24, 2.45) is 0 Å². The maximum absolute atomic E-state index is 12.6. The van der Waals surface area contributed by atoms with Gasteiger partial charge in [0.1, 0.15) is 13.2 Å². The van der Waals surface area contributed by atoms with Crippen molar-refractivity contribution in [1.29, 1.82) is 0 Å². The second kappa shape index (κ2) is 38.2. The van der Waals surface area contributed by atoms with Crippen molar-refractivity contribution >= 4 is 17.9 Å². The van der Waals surface area contributed by atoms with Gasteiger partial charge in [-0.25, -0.2) is 0 Å². The van der Waals surface area contributed by atoms with E-state index < -0.39 is 6.10 Å². The van der Waals surface area contributed by atoms with Gasteiger partial charge >= 0.3 is 17.9 Å². The molecule has 0 aliphatic carbocycles. The van der Waals surface area contributed by atoms with Crippen LogP contribution in [0.15, 0.2) is 0 Å². The van der Waals surface area contributed by atoms with E-state index in [0.29, 0.717) is 19.3 Å². The van der Waals surface area contributed by atoms with E-state index in [0.717, 1.165) is 64.2 Å². The lowest BCUT2D eigenvalue weighted by Crippen LogP contribution is -2.30. The average molecular weight is 681 g/mol. The van der Waals surface area contributed by atoms with Crippen LogP contribution in [0.5, 0.6) is 0 Å². The molecule has 0 aromatic rings. The molecule has 1 atom stereocenters. The van der Waals surface area contributed by atoms with E-state index >= 15 is 0 Å². The van der Waals surface area contributed by atoms with E-state index in [1.165, 1.54) is 128 Å². The lowest BCUT2D eigenvalue weighted by Gasteiger charge is -2.18. The first-order valence-electron chi connectivity index (χ1n) is 21.0. The zero-order chi connectivity index (χ0) is 35.2. The van der Waals surface area contributed by atoms with Crippen molar-refractivity contribution in [3.05, 3.63) is 0 Å². The average Bonchev–Trinajstić information content (AvgIpc) is 3.08. The largest absolute Gasteiger partial charge is 0.462 e. The molecule has 0 saturated carbocycles. The van der Waals surface area contributed by atoms with Crippen molar-refractivity contribution in [3.63, 3.8) is 0 Å². The Hall–Kier alpha value is -1.59. The number of hydrogen-bond donors (Lipinski definition) is 0. The van der Waals surface area contributed by atoms with Crippen LogP contribution in [0.3, 0.4) is 0 Å². The predicted octanol–water partition coefficient (Wildman–Crippen LogP) is 12.9. The summed E-state index contributed by atoms with van der Waals surface area (Å²) in [6.07, 6.45) is 36.8. The lowest BCUT2D eigenvalue weighted by atomic mass is 10.0. The van der Waals surface area contributed by atoms with E-state index in [1.807, 2.05) is 0 Å². The van der Waals surface area contributed by atoms with Crippen LogP contribution in [0.4, 0.5) is 0 Å². The van der Waals surface area contributed by atoms with Gasteiger partial charge < -0.3 is 14.2 Å². The van der Waals surface area contributed by atoms with Crippen molar-refractivity contribution in [3.8, 4) is 0 Å². The summed E-state index contributed by atoms with van der Waals surface area (Å²) in [6.45, 7) is 6.55. The maximum Gasteiger partial charge on any atom is 0.306 e. The maximum atomic E-state index is 12.6. The highest BCUT2D eigenvalue weighted by atomic mass is 16.6. The molecule has 0 N–H and O–H groups in total. The van der Waals surface area contributed by atoms with Gasteiger partial charge in [0, 0.05) is 19.3 Å². The molecule has 6 nitrogen and oxygen atoms in total. The van der Waals surface area contributed by atoms with Gasteiger partial charge in [-0.15, -0.1) is 0 Å². The zero-order valence-electron chi connectivity index (χ0n) is 32.3. The third-order valence-corrected chi connectivity index (χ3v) is 9.36. The quantitative estimate of drug-likeness (QED) is 0.0367. The van der Waals surface area contributed by atoms with E-state index in [-0.39, 0.29) is 31.1 Å². The van der Waals surface area contributed by atoms with Crippen LogP contribution in [-0.4, -0.2) is 37.2 Å². The molecule has 0 radical (unpaired) electrons. The number of carbonyl (C=O) groups is 3. The third-order valence-electron chi connectivity index (χ3n) is 9.36. The highest BCUT2D eigenvalue weighted by Crippen LogP contribution is 2.15. The van der Waals surface area contributed by atoms with Crippen molar-refractivity contribution in [1.82, 2.24) is 0 Å². The number of ether oxygens (including phenoxy) is 3. The Morgan fingerprint density at radius 2 is 0.562 bits per heavy atom. The molecule has 0 unspecified atom stereocenters. The van der Waals surface area contributed by atoms with E-state index in [2.05, 4.69) is 20.8 Å². The van der Waals surface area contributed by atoms with E-state index in [4.69, 9.17) is 14.2 Å². The van der Waals surface area contributed by atoms with E-state index in [1.54, 1.807) is 0 Å². The van der Waals surface area contributed by atoms with Crippen LogP contribution >= 0.6 is 0 Å². The van der Waals surface area contributed by atoms with Crippen molar-refractivity contribution < 1.29 is 28.6 Å². The number of unbranched alkanes of at least 4 members (excludes halogenated alkanes) is 27. The molecule has 0 aliphatic heterocycles. The van der Waals surface area contributed by atoms with Crippen LogP contribution < -0.4 is 0 Å². The molecule has 284 valence electrons. The van der Waals surface area contributed by atoms with Gasteiger partial charge in [0.15, 0.2) is 6.10 Å². The lowest BCUT2D eigenvalue weighted by molar-refractivity contribution is -0.167. The molecule has 0 aliphatic rings. The fourth-order valence-electron chi connectivity index (χ4n) is 6.15. The summed E-state index contributed by atoms with van der Waals surface area (Å²) in [5.74, 6) is -0.872. The highest BCUT2D eigenvalue weighted by Gasteiger charge is 2.19. The number of rotatable bonds is 38. The predicted molar refractivity (Wildman–Crippen MR) is 201 cm³/mol. The van der Waals surface area contributed by atoms with Crippen LogP contribution in [0.2, 0.25) is 0 Å². The fourth-order valence-corrected chi connectivity index (χ4v) is 6.15. The second-order valence-corrected chi connectivity index (χ2v) is 14.3. The van der Waals surface area contributed by atoms with Gasteiger partial charge in [0.25, 0.3) is 0 Å². The molecule has 0 fully saturated rings. The molecule has 6 heteroatoms. The Labute approximate surface area is 298 Å². The van der Waals surface area contributed by atoms with Gasteiger partial charge in [-0.1, -0.05) is 194 Å². The number of carbonyl (C=O) groups excluding carboxylic acids is 3. The Morgan fingerprint density at radius 3 is 0.833 bits per heavy atom. The summed E-state index contributed by atoms with van der Waals surface area (Å²) in [4.78, 5) is 37.3. The smallest absolute Gasteiger partial charge is 0.306 e. The molecule has 0 saturated heterocycles. The normalized spacial score (nSPS) is 11.8. The first kappa shape index (κ1) is 46.4. The third kappa shape index (κ3) is 35.7. The Bertz CT molecular complexity index is 708. The molecule has 0 spiro atoms. The van der Waals surface area contributed by atoms with Crippen molar-refractivity contribution in [2.75, 3.05) is 13.2 Å². The minimum atomic E-state index is -0.755. The van der Waals surface area contributed by atoms with Gasteiger partial charge in [-0.05, 0) is 19.3 Å². The molecular weight excluding hydrogens is 600 g/mol. The minimum absolute atomic E-state index is 0.0645. The van der Waals surface area contributed by atoms with Crippen LogP contribution in [0, 0.1) is 0 Å². The minimum Gasteiger partial charge on any atom is -0.462 e. The molecule has 0 aromatic carbocycles. The SMILES string of the molecule is CCCCCCCCCCCCCCCCCC(=O)O[C@@H](COC(=O)CCCCCCC)COC(=O)CCCCCCCCCCCC. The molecule has 0 rings (SSSR count). The summed E-state index contributed by atoms with van der Waals surface area (Å²) in [6, 6.07) is 0.